The summed E-state index contributed by atoms with van der Waals surface area (Å²) in [5.74, 6) is -0.343. The number of carbonyl (C=O) groups excluding carboxylic acids is 2. The Kier molecular flexibility index (Phi) is 8.28. The van der Waals surface area contributed by atoms with Crippen molar-refractivity contribution in [2.24, 2.45) is 5.41 Å². The van der Waals surface area contributed by atoms with E-state index in [0.29, 0.717) is 43.9 Å². The monoisotopic (exact) mass is 512 g/mol. The van der Waals surface area contributed by atoms with Gasteiger partial charge in [0.25, 0.3) is 0 Å². The molecular formula is C22H29Cl2F3N2O4. The lowest BCUT2D eigenvalue weighted by Gasteiger charge is -2.46. The fourth-order valence-electron chi connectivity index (χ4n) is 4.97. The molecule has 0 aliphatic heterocycles. The molecule has 4 fully saturated rings. The number of hydrogen-bond donors (Lipinski definition) is 2. The Morgan fingerprint density at radius 1 is 1.15 bits per heavy atom. The summed E-state index contributed by atoms with van der Waals surface area (Å²) in [7, 11) is 0. The summed E-state index contributed by atoms with van der Waals surface area (Å²) in [5, 5.41) is 5.52. The van der Waals surface area contributed by atoms with E-state index in [1.165, 1.54) is 13.1 Å². The molecule has 2 amide bonds. The molecule has 2 bridgehead atoms. The Morgan fingerprint density at radius 3 is 2.55 bits per heavy atom. The van der Waals surface area contributed by atoms with Crippen LogP contribution in [0.4, 0.5) is 13.2 Å². The molecule has 0 heterocycles. The molecular weight excluding hydrogens is 484 g/mol. The predicted molar refractivity (Wildman–Crippen MR) is 117 cm³/mol. The zero-order valence-electron chi connectivity index (χ0n) is 18.4. The van der Waals surface area contributed by atoms with Crippen LogP contribution in [0, 0.1) is 5.41 Å². The number of allylic oxidation sites excluding steroid dienone is 2. The molecule has 186 valence electrons. The molecule has 0 spiro atoms. The molecule has 0 radical (unpaired) electrons. The SMILES string of the molecule is C/C(=C\OC(F)(F)F)C/C=C/NC(=O)C12CCC(NC(=O)COC3CCC(Cl)C(Cl)C3)(C1)C2. The van der Waals surface area contributed by atoms with E-state index in [0.717, 1.165) is 12.8 Å². The van der Waals surface area contributed by atoms with Gasteiger partial charge in [0.15, 0.2) is 0 Å². The number of hydrogen-bond acceptors (Lipinski definition) is 4. The molecule has 4 aliphatic rings. The maximum absolute atomic E-state index is 12.6. The average Bonchev–Trinajstić information content (AvgIpc) is 3.26. The highest BCUT2D eigenvalue weighted by Crippen LogP contribution is 2.61. The zero-order chi connectivity index (χ0) is 24.3. The molecule has 11 heteroatoms. The van der Waals surface area contributed by atoms with Gasteiger partial charge >= 0.3 is 6.36 Å². The van der Waals surface area contributed by atoms with Crippen LogP contribution < -0.4 is 10.6 Å². The maximum atomic E-state index is 12.6. The Hall–Kier alpha value is -1.45. The minimum atomic E-state index is -4.71. The van der Waals surface area contributed by atoms with Crippen molar-refractivity contribution in [3.8, 4) is 0 Å². The topological polar surface area (TPSA) is 76.7 Å². The normalized spacial score (nSPS) is 34.1. The van der Waals surface area contributed by atoms with Gasteiger partial charge in [-0.3, -0.25) is 9.59 Å². The van der Waals surface area contributed by atoms with Crippen molar-refractivity contribution in [1.29, 1.82) is 0 Å². The third-order valence-electron chi connectivity index (χ3n) is 6.58. The second kappa shape index (κ2) is 10.4. The second-order valence-electron chi connectivity index (χ2n) is 9.35. The van der Waals surface area contributed by atoms with E-state index in [9.17, 15) is 22.8 Å². The van der Waals surface area contributed by atoms with E-state index in [1.807, 2.05) is 0 Å². The molecule has 0 aromatic carbocycles. The highest BCUT2D eigenvalue weighted by molar-refractivity contribution is 6.30. The van der Waals surface area contributed by atoms with Gasteiger partial charge in [-0.05, 0) is 63.9 Å². The number of nitrogens with one attached hydrogen (secondary N) is 2. The van der Waals surface area contributed by atoms with E-state index in [4.69, 9.17) is 27.9 Å². The first kappa shape index (κ1) is 26.2. The van der Waals surface area contributed by atoms with Crippen LogP contribution in [0.5, 0.6) is 0 Å². The Labute approximate surface area is 201 Å². The maximum Gasteiger partial charge on any atom is 0.572 e. The lowest BCUT2D eigenvalue weighted by Crippen LogP contribution is -2.59. The number of fused-ring (bicyclic) bond motifs is 1. The summed E-state index contributed by atoms with van der Waals surface area (Å²) in [6.45, 7) is 1.45. The summed E-state index contributed by atoms with van der Waals surface area (Å²) in [5.41, 5.74) is -0.534. The zero-order valence-corrected chi connectivity index (χ0v) is 19.9. The fourth-order valence-corrected chi connectivity index (χ4v) is 5.52. The molecule has 33 heavy (non-hydrogen) atoms. The van der Waals surface area contributed by atoms with Crippen molar-refractivity contribution in [1.82, 2.24) is 10.6 Å². The van der Waals surface area contributed by atoms with E-state index in [-0.39, 0.29) is 47.2 Å². The number of amides is 2. The fraction of sp³-hybridized carbons (Fsp3) is 0.727. The molecule has 3 unspecified atom stereocenters. The third-order valence-corrected chi connectivity index (χ3v) is 7.72. The molecule has 2 N–H and O–H groups in total. The number of ether oxygens (including phenoxy) is 2. The number of alkyl halides is 5. The van der Waals surface area contributed by atoms with E-state index in [1.54, 1.807) is 6.08 Å². The van der Waals surface area contributed by atoms with Gasteiger partial charge in [-0.25, -0.2) is 0 Å². The minimum absolute atomic E-state index is 0.0458. The summed E-state index contributed by atoms with van der Waals surface area (Å²) in [6, 6.07) is 0. The third kappa shape index (κ3) is 7.02. The van der Waals surface area contributed by atoms with Gasteiger partial charge in [0, 0.05) is 11.7 Å². The summed E-state index contributed by atoms with van der Waals surface area (Å²) in [4.78, 5) is 25.0. The molecule has 4 rings (SSSR count). The van der Waals surface area contributed by atoms with Crippen molar-refractivity contribution in [2.75, 3.05) is 6.61 Å². The van der Waals surface area contributed by atoms with E-state index < -0.39 is 11.8 Å². The molecule has 0 aromatic rings. The molecule has 4 aliphatic carbocycles. The first-order valence-electron chi connectivity index (χ1n) is 11.0. The van der Waals surface area contributed by atoms with E-state index >= 15 is 0 Å². The number of rotatable bonds is 9. The highest BCUT2D eigenvalue weighted by Gasteiger charge is 2.64. The largest absolute Gasteiger partial charge is 0.572 e. The predicted octanol–water partition coefficient (Wildman–Crippen LogP) is 4.66. The summed E-state index contributed by atoms with van der Waals surface area (Å²) >= 11 is 12.3. The van der Waals surface area contributed by atoms with Crippen LogP contribution in [0.15, 0.2) is 24.1 Å². The minimum Gasteiger partial charge on any atom is -0.414 e. The Bertz CT molecular complexity index is 797. The number of carbonyl (C=O) groups is 2. The van der Waals surface area contributed by atoms with Gasteiger partial charge in [-0.1, -0.05) is 6.08 Å². The van der Waals surface area contributed by atoms with Crippen LogP contribution in [0.2, 0.25) is 0 Å². The molecule has 6 nitrogen and oxygen atoms in total. The summed E-state index contributed by atoms with van der Waals surface area (Å²) in [6.07, 6.45) is 3.72. The molecule has 0 saturated heterocycles. The van der Waals surface area contributed by atoms with Crippen molar-refractivity contribution in [2.45, 2.75) is 87.0 Å². The Morgan fingerprint density at radius 2 is 1.88 bits per heavy atom. The quantitative estimate of drug-likeness (QED) is 0.348. The van der Waals surface area contributed by atoms with E-state index in [2.05, 4.69) is 15.4 Å². The van der Waals surface area contributed by atoms with Crippen molar-refractivity contribution in [3.63, 3.8) is 0 Å². The smallest absolute Gasteiger partial charge is 0.414 e. The first-order chi connectivity index (χ1) is 15.4. The highest BCUT2D eigenvalue weighted by atomic mass is 35.5. The van der Waals surface area contributed by atoms with Crippen molar-refractivity contribution in [3.05, 3.63) is 24.1 Å². The van der Waals surface area contributed by atoms with Gasteiger partial charge in [-0.15, -0.1) is 36.4 Å². The van der Waals surface area contributed by atoms with Crippen LogP contribution in [0.1, 0.15) is 58.3 Å². The lowest BCUT2D eigenvalue weighted by atomic mass is 9.64. The molecule has 4 saturated carbocycles. The standard InChI is InChI=1S/C22H29Cl2F3N2O4/c1-14(10-33-22(25,26)27)3-2-8-28-19(31)20-6-7-21(12-20,13-20)29-18(30)11-32-15-4-5-16(23)17(24)9-15/h2,8,10,15-17H,3-7,9,11-13H2,1H3,(H,28,31)(H,29,30)/b8-2+,14-10+. The summed E-state index contributed by atoms with van der Waals surface area (Å²) < 4.78 is 45.4. The van der Waals surface area contributed by atoms with Crippen LogP contribution in [0.3, 0.4) is 0 Å². The van der Waals surface area contributed by atoms with Gasteiger partial charge in [0.2, 0.25) is 11.8 Å². The van der Waals surface area contributed by atoms with Crippen molar-refractivity contribution >= 4 is 35.0 Å². The van der Waals surface area contributed by atoms with Gasteiger partial charge in [-0.2, -0.15) is 0 Å². The van der Waals surface area contributed by atoms with Crippen molar-refractivity contribution < 1.29 is 32.2 Å². The van der Waals surface area contributed by atoms with Crippen LogP contribution in [-0.4, -0.2) is 47.2 Å². The van der Waals surface area contributed by atoms with Gasteiger partial charge in [0.1, 0.15) is 6.61 Å². The second-order valence-corrected chi connectivity index (χ2v) is 10.5. The van der Waals surface area contributed by atoms with Crippen LogP contribution in [-0.2, 0) is 19.1 Å². The lowest BCUT2D eigenvalue weighted by molar-refractivity contribution is -0.298. The van der Waals surface area contributed by atoms with Crippen LogP contribution >= 0.6 is 23.2 Å². The van der Waals surface area contributed by atoms with Gasteiger partial charge < -0.3 is 20.1 Å². The number of halogens is 5. The molecule has 0 aromatic heterocycles. The average molecular weight is 513 g/mol. The van der Waals surface area contributed by atoms with Crippen LogP contribution in [0.25, 0.3) is 0 Å². The van der Waals surface area contributed by atoms with Gasteiger partial charge in [0.05, 0.1) is 28.5 Å². The first-order valence-corrected chi connectivity index (χ1v) is 11.9. The Balaban J connectivity index is 1.37. The molecule has 3 atom stereocenters.